The van der Waals surface area contributed by atoms with Crippen molar-refractivity contribution in [1.82, 2.24) is 10.2 Å². The van der Waals surface area contributed by atoms with Gasteiger partial charge in [-0.3, -0.25) is 10.4 Å². The molecule has 5 nitrogen and oxygen atoms in total. The number of hydrogen-bond donors (Lipinski definition) is 3. The quantitative estimate of drug-likeness (QED) is 0.767. The zero-order chi connectivity index (χ0) is 12.3. The summed E-state index contributed by atoms with van der Waals surface area (Å²) in [6.07, 6.45) is 0. The molecular formula is C11H11ClN4O. The molecule has 0 fully saturated rings. The Labute approximate surface area is 103 Å². The maximum atomic E-state index is 11.6. The lowest BCUT2D eigenvalue weighted by molar-refractivity contribution is 0.262. The molecule has 0 aliphatic heterocycles. The van der Waals surface area contributed by atoms with E-state index in [9.17, 15) is 4.79 Å². The highest BCUT2D eigenvalue weighted by Gasteiger charge is 2.04. The normalized spacial score (nSPS) is 10.0. The van der Waals surface area contributed by atoms with E-state index in [0.717, 1.165) is 5.69 Å². The van der Waals surface area contributed by atoms with E-state index in [1.807, 2.05) is 6.92 Å². The summed E-state index contributed by atoms with van der Waals surface area (Å²) < 4.78 is 0. The molecule has 0 bridgehead atoms. The number of aryl methyl sites for hydroxylation is 1. The number of nitrogens with one attached hydrogen (secondary N) is 3. The molecule has 2 rings (SSSR count). The fourth-order valence-electron chi connectivity index (χ4n) is 1.33. The van der Waals surface area contributed by atoms with Crippen LogP contribution in [0.25, 0.3) is 0 Å². The molecule has 0 radical (unpaired) electrons. The van der Waals surface area contributed by atoms with Crippen molar-refractivity contribution in [1.29, 1.82) is 0 Å². The fraction of sp³-hybridized carbons (Fsp3) is 0.0909. The van der Waals surface area contributed by atoms with Crippen LogP contribution in [0.4, 0.5) is 16.3 Å². The second-order valence-corrected chi connectivity index (χ2v) is 3.96. The smallest absolute Gasteiger partial charge is 0.308 e. The predicted molar refractivity (Wildman–Crippen MR) is 67.4 cm³/mol. The summed E-state index contributed by atoms with van der Waals surface area (Å²) in [6, 6.07) is 8.28. The number of nitrogens with zero attached hydrogens (tertiary/aromatic N) is 1. The molecule has 2 amide bonds. The molecule has 0 aliphatic rings. The van der Waals surface area contributed by atoms with Gasteiger partial charge in [-0.2, -0.15) is 5.10 Å². The van der Waals surface area contributed by atoms with Crippen LogP contribution in [0.1, 0.15) is 5.69 Å². The Balaban J connectivity index is 1.98. The van der Waals surface area contributed by atoms with E-state index >= 15 is 0 Å². The van der Waals surface area contributed by atoms with Gasteiger partial charge < -0.3 is 5.32 Å². The lowest BCUT2D eigenvalue weighted by atomic mass is 10.3. The van der Waals surface area contributed by atoms with Gasteiger partial charge in [-0.15, -0.1) is 0 Å². The van der Waals surface area contributed by atoms with E-state index in [1.54, 1.807) is 30.3 Å². The zero-order valence-electron chi connectivity index (χ0n) is 9.12. The molecule has 0 aliphatic carbocycles. The number of benzene rings is 1. The summed E-state index contributed by atoms with van der Waals surface area (Å²) >= 11 is 5.80. The number of H-pyrrole nitrogens is 1. The molecule has 0 spiro atoms. The largest absolute Gasteiger partial charge is 0.324 e. The number of aromatic amines is 1. The standard InChI is InChI=1S/C11H11ClN4O/c1-7-5-10(16-15-7)14-11(17)13-9-4-2-3-8(12)6-9/h2-6H,1H3,(H3,13,14,15,16,17). The first-order chi connectivity index (χ1) is 8.13. The zero-order valence-corrected chi connectivity index (χ0v) is 9.88. The van der Waals surface area contributed by atoms with Crippen LogP contribution in [0.2, 0.25) is 5.02 Å². The van der Waals surface area contributed by atoms with Crippen LogP contribution in [-0.2, 0) is 0 Å². The molecule has 0 atom stereocenters. The highest BCUT2D eigenvalue weighted by atomic mass is 35.5. The molecule has 1 heterocycles. The predicted octanol–water partition coefficient (Wildman–Crippen LogP) is 3.02. The summed E-state index contributed by atoms with van der Waals surface area (Å²) in [5, 5.41) is 12.4. The van der Waals surface area contributed by atoms with Gasteiger partial charge in [-0.1, -0.05) is 17.7 Å². The Morgan fingerprint density at radius 3 is 2.82 bits per heavy atom. The molecule has 1 aromatic heterocycles. The van der Waals surface area contributed by atoms with Gasteiger partial charge in [0.1, 0.15) is 0 Å². The SMILES string of the molecule is Cc1cc(NC(=O)Nc2cccc(Cl)c2)n[nH]1. The fourth-order valence-corrected chi connectivity index (χ4v) is 1.52. The van der Waals surface area contributed by atoms with Crippen LogP contribution in [-0.4, -0.2) is 16.2 Å². The third kappa shape index (κ3) is 3.22. The summed E-state index contributed by atoms with van der Waals surface area (Å²) in [5.41, 5.74) is 1.50. The molecule has 3 N–H and O–H groups in total. The number of hydrogen-bond acceptors (Lipinski definition) is 2. The summed E-state index contributed by atoms with van der Waals surface area (Å²) in [4.78, 5) is 11.6. The first-order valence-corrected chi connectivity index (χ1v) is 5.37. The van der Waals surface area contributed by atoms with E-state index < -0.39 is 0 Å². The number of urea groups is 1. The molecule has 88 valence electrons. The van der Waals surface area contributed by atoms with Crippen LogP contribution in [0.3, 0.4) is 0 Å². The minimum absolute atomic E-state index is 0.362. The van der Waals surface area contributed by atoms with E-state index in [1.165, 1.54) is 0 Å². The van der Waals surface area contributed by atoms with Crippen LogP contribution in [0, 0.1) is 6.92 Å². The van der Waals surface area contributed by atoms with Crippen LogP contribution < -0.4 is 10.6 Å². The van der Waals surface area contributed by atoms with Gasteiger partial charge in [0.05, 0.1) is 0 Å². The topological polar surface area (TPSA) is 69.8 Å². The van der Waals surface area contributed by atoms with Gasteiger partial charge in [0, 0.05) is 22.5 Å². The molecule has 1 aromatic carbocycles. The van der Waals surface area contributed by atoms with Crippen LogP contribution >= 0.6 is 11.6 Å². The molecule has 0 saturated carbocycles. The number of rotatable bonds is 2. The minimum atomic E-state index is -0.362. The van der Waals surface area contributed by atoms with Gasteiger partial charge in [0.25, 0.3) is 0 Å². The Morgan fingerprint density at radius 2 is 2.18 bits per heavy atom. The van der Waals surface area contributed by atoms with Crippen LogP contribution in [0.15, 0.2) is 30.3 Å². The minimum Gasteiger partial charge on any atom is -0.308 e. The van der Waals surface area contributed by atoms with Crippen molar-refractivity contribution in [3.8, 4) is 0 Å². The number of carbonyl (C=O) groups is 1. The van der Waals surface area contributed by atoms with Crippen molar-refractivity contribution in [3.63, 3.8) is 0 Å². The molecule has 6 heteroatoms. The summed E-state index contributed by atoms with van der Waals surface area (Å²) in [6.45, 7) is 1.85. The van der Waals surface area contributed by atoms with E-state index in [-0.39, 0.29) is 6.03 Å². The van der Waals surface area contributed by atoms with E-state index in [2.05, 4.69) is 20.8 Å². The molecular weight excluding hydrogens is 240 g/mol. The molecule has 17 heavy (non-hydrogen) atoms. The van der Waals surface area contributed by atoms with Crippen molar-refractivity contribution in [2.75, 3.05) is 10.6 Å². The van der Waals surface area contributed by atoms with Crippen molar-refractivity contribution in [3.05, 3.63) is 41.0 Å². The van der Waals surface area contributed by atoms with E-state index in [4.69, 9.17) is 11.6 Å². The molecule has 0 unspecified atom stereocenters. The first-order valence-electron chi connectivity index (χ1n) is 4.99. The van der Waals surface area contributed by atoms with Gasteiger partial charge >= 0.3 is 6.03 Å². The highest BCUT2D eigenvalue weighted by Crippen LogP contribution is 2.15. The van der Waals surface area contributed by atoms with Crippen molar-refractivity contribution >= 4 is 29.1 Å². The van der Waals surface area contributed by atoms with Crippen molar-refractivity contribution in [2.24, 2.45) is 0 Å². The van der Waals surface area contributed by atoms with Gasteiger partial charge in [0.2, 0.25) is 0 Å². The summed E-state index contributed by atoms with van der Waals surface area (Å²) in [7, 11) is 0. The Morgan fingerprint density at radius 1 is 1.35 bits per heavy atom. The highest BCUT2D eigenvalue weighted by molar-refractivity contribution is 6.30. The van der Waals surface area contributed by atoms with Gasteiger partial charge in [-0.05, 0) is 25.1 Å². The van der Waals surface area contributed by atoms with E-state index in [0.29, 0.717) is 16.5 Å². The Bertz CT molecular complexity index is 538. The lowest BCUT2D eigenvalue weighted by Crippen LogP contribution is -2.19. The van der Waals surface area contributed by atoms with Crippen LogP contribution in [0.5, 0.6) is 0 Å². The molecule has 0 saturated heterocycles. The lowest BCUT2D eigenvalue weighted by Gasteiger charge is -2.05. The maximum Gasteiger partial charge on any atom is 0.324 e. The number of anilines is 2. The Kier molecular flexibility index (Phi) is 3.30. The van der Waals surface area contributed by atoms with Gasteiger partial charge in [-0.25, -0.2) is 4.79 Å². The second kappa shape index (κ2) is 4.88. The Hall–Kier alpha value is -2.01. The second-order valence-electron chi connectivity index (χ2n) is 3.53. The van der Waals surface area contributed by atoms with Gasteiger partial charge in [0.15, 0.2) is 5.82 Å². The monoisotopic (exact) mass is 250 g/mol. The molecule has 2 aromatic rings. The number of halogens is 1. The third-order valence-corrected chi connectivity index (χ3v) is 2.27. The average Bonchev–Trinajstić information content (AvgIpc) is 2.63. The number of carbonyl (C=O) groups excluding carboxylic acids is 1. The first kappa shape index (κ1) is 11.5. The van der Waals surface area contributed by atoms with Crippen molar-refractivity contribution in [2.45, 2.75) is 6.92 Å². The number of aromatic nitrogens is 2. The third-order valence-electron chi connectivity index (χ3n) is 2.03. The average molecular weight is 251 g/mol. The number of amides is 2. The maximum absolute atomic E-state index is 11.6. The summed E-state index contributed by atoms with van der Waals surface area (Å²) in [5.74, 6) is 0.474. The van der Waals surface area contributed by atoms with Crippen molar-refractivity contribution < 1.29 is 4.79 Å².